The Bertz CT molecular complexity index is 585. The number of rotatable bonds is 11. The van der Waals surface area contributed by atoms with E-state index in [1.165, 1.54) is 0 Å². The molecule has 1 atom stereocenters. The lowest BCUT2D eigenvalue weighted by Gasteiger charge is -2.36. The summed E-state index contributed by atoms with van der Waals surface area (Å²) in [5.41, 5.74) is 0. The molecule has 172 valence electrons. The van der Waals surface area contributed by atoms with E-state index in [1.54, 1.807) is 4.31 Å². The van der Waals surface area contributed by atoms with Crippen LogP contribution in [0.15, 0.2) is 4.99 Å². The molecule has 1 unspecified atom stereocenters. The SMILES string of the molecule is CCNC(=NCC(CC(C)C)N(C)C)N1CCN(S(=O)(=O)CCOC(C)C)CC1. The average molecular weight is 434 g/mol. The quantitative estimate of drug-likeness (QED) is 0.391. The highest BCUT2D eigenvalue weighted by Gasteiger charge is 2.28. The van der Waals surface area contributed by atoms with Crippen LogP contribution in [0.4, 0.5) is 0 Å². The van der Waals surface area contributed by atoms with Crippen molar-refractivity contribution in [2.24, 2.45) is 10.9 Å². The number of nitrogens with one attached hydrogen (secondary N) is 1. The second-order valence-electron chi connectivity index (χ2n) is 8.56. The van der Waals surface area contributed by atoms with E-state index in [1.807, 2.05) is 13.8 Å². The fourth-order valence-electron chi connectivity index (χ4n) is 3.31. The normalized spacial score (nSPS) is 18.1. The van der Waals surface area contributed by atoms with Crippen molar-refractivity contribution in [3.63, 3.8) is 0 Å². The highest BCUT2D eigenvalue weighted by atomic mass is 32.2. The largest absolute Gasteiger partial charge is 0.378 e. The molecule has 9 heteroatoms. The van der Waals surface area contributed by atoms with Crippen molar-refractivity contribution in [2.45, 2.75) is 53.2 Å². The smallest absolute Gasteiger partial charge is 0.216 e. The lowest BCUT2D eigenvalue weighted by molar-refractivity contribution is 0.0904. The number of likely N-dealkylation sites (N-methyl/N-ethyl adjacent to an activating group) is 1. The molecular weight excluding hydrogens is 390 g/mol. The third kappa shape index (κ3) is 9.63. The monoisotopic (exact) mass is 433 g/mol. The van der Waals surface area contributed by atoms with Crippen LogP contribution in [0, 0.1) is 5.92 Å². The van der Waals surface area contributed by atoms with Gasteiger partial charge in [-0.15, -0.1) is 0 Å². The molecule has 0 aromatic carbocycles. The van der Waals surface area contributed by atoms with Gasteiger partial charge >= 0.3 is 0 Å². The van der Waals surface area contributed by atoms with Crippen molar-refractivity contribution in [3.05, 3.63) is 0 Å². The first-order valence-corrected chi connectivity index (χ1v) is 12.5. The molecule has 1 aliphatic heterocycles. The van der Waals surface area contributed by atoms with Crippen molar-refractivity contribution in [1.29, 1.82) is 0 Å². The van der Waals surface area contributed by atoms with Crippen LogP contribution >= 0.6 is 0 Å². The van der Waals surface area contributed by atoms with Crippen molar-refractivity contribution in [2.75, 3.05) is 65.7 Å². The Morgan fingerprint density at radius 3 is 2.24 bits per heavy atom. The topological polar surface area (TPSA) is 77.5 Å². The number of sulfonamides is 1. The van der Waals surface area contributed by atoms with E-state index in [9.17, 15) is 8.42 Å². The van der Waals surface area contributed by atoms with Gasteiger partial charge in [-0.2, -0.15) is 4.31 Å². The molecule has 0 radical (unpaired) electrons. The van der Waals surface area contributed by atoms with Crippen molar-refractivity contribution >= 4 is 16.0 Å². The molecule has 1 heterocycles. The molecule has 1 fully saturated rings. The Labute approximate surface area is 178 Å². The molecule has 0 aromatic heterocycles. The average Bonchev–Trinajstić information content (AvgIpc) is 2.63. The van der Waals surface area contributed by atoms with Gasteiger partial charge in [-0.1, -0.05) is 13.8 Å². The summed E-state index contributed by atoms with van der Waals surface area (Å²) in [6.07, 6.45) is 1.14. The van der Waals surface area contributed by atoms with E-state index in [0.717, 1.165) is 25.5 Å². The van der Waals surface area contributed by atoms with Gasteiger partial charge < -0.3 is 19.9 Å². The van der Waals surface area contributed by atoms with Crippen molar-refractivity contribution < 1.29 is 13.2 Å². The molecule has 1 aliphatic rings. The summed E-state index contributed by atoms with van der Waals surface area (Å²) >= 11 is 0. The molecule has 0 aliphatic carbocycles. The van der Waals surface area contributed by atoms with E-state index in [2.05, 4.69) is 50.0 Å². The standard InChI is InChI=1S/C20H43N5O3S/c1-8-21-20(22-16-19(23(6)7)15-17(2)3)24-9-11-25(12-10-24)29(26,27)14-13-28-18(4)5/h17-19H,8-16H2,1-7H3,(H,21,22). The Kier molecular flexibility index (Phi) is 11.5. The number of hydrogen-bond acceptors (Lipinski definition) is 5. The molecule has 0 saturated carbocycles. The van der Waals surface area contributed by atoms with E-state index in [4.69, 9.17) is 9.73 Å². The van der Waals surface area contributed by atoms with Crippen molar-refractivity contribution in [1.82, 2.24) is 19.4 Å². The van der Waals surface area contributed by atoms with Gasteiger partial charge in [-0.25, -0.2) is 8.42 Å². The predicted molar refractivity (Wildman–Crippen MR) is 121 cm³/mol. The summed E-state index contributed by atoms with van der Waals surface area (Å²) in [5, 5.41) is 3.37. The molecule has 1 saturated heterocycles. The molecule has 0 bridgehead atoms. The number of nitrogens with zero attached hydrogens (tertiary/aromatic N) is 4. The lowest BCUT2D eigenvalue weighted by atomic mass is 10.0. The minimum atomic E-state index is -3.28. The minimum Gasteiger partial charge on any atom is -0.378 e. The minimum absolute atomic E-state index is 0.0407. The summed E-state index contributed by atoms with van der Waals surface area (Å²) in [4.78, 5) is 9.27. The maximum Gasteiger partial charge on any atom is 0.216 e. The Morgan fingerprint density at radius 2 is 1.76 bits per heavy atom. The number of guanidine groups is 1. The first-order chi connectivity index (χ1) is 13.6. The summed E-state index contributed by atoms with van der Waals surface area (Å²) in [7, 11) is 0.923. The maximum absolute atomic E-state index is 12.5. The molecule has 29 heavy (non-hydrogen) atoms. The third-order valence-electron chi connectivity index (χ3n) is 4.98. The first kappa shape index (κ1) is 26.1. The fraction of sp³-hybridized carbons (Fsp3) is 0.950. The van der Waals surface area contributed by atoms with Gasteiger partial charge in [0.25, 0.3) is 0 Å². The molecule has 0 amide bonds. The highest BCUT2D eigenvalue weighted by molar-refractivity contribution is 7.89. The molecule has 0 spiro atoms. The van der Waals surface area contributed by atoms with E-state index >= 15 is 0 Å². The lowest BCUT2D eigenvalue weighted by Crippen LogP contribution is -2.54. The maximum atomic E-state index is 12.5. The number of hydrogen-bond donors (Lipinski definition) is 1. The number of aliphatic imine (C=N–C) groups is 1. The van der Waals surface area contributed by atoms with Crippen LogP contribution in [0.3, 0.4) is 0 Å². The molecule has 1 N–H and O–H groups in total. The van der Waals surface area contributed by atoms with Crippen LogP contribution in [0.25, 0.3) is 0 Å². The molecule has 0 aromatic rings. The second kappa shape index (κ2) is 12.7. The predicted octanol–water partition coefficient (Wildman–Crippen LogP) is 1.30. The summed E-state index contributed by atoms with van der Waals surface area (Å²) < 4.78 is 32.1. The van der Waals surface area contributed by atoms with Gasteiger partial charge in [-0.05, 0) is 47.2 Å². The van der Waals surface area contributed by atoms with E-state index < -0.39 is 10.0 Å². The summed E-state index contributed by atoms with van der Waals surface area (Å²) in [6, 6.07) is 0.395. The van der Waals surface area contributed by atoms with Crippen LogP contribution in [-0.2, 0) is 14.8 Å². The zero-order valence-corrected chi connectivity index (χ0v) is 20.3. The number of piperazine rings is 1. The molecular formula is C20H43N5O3S. The Morgan fingerprint density at radius 1 is 1.14 bits per heavy atom. The van der Waals surface area contributed by atoms with Crippen LogP contribution in [0.5, 0.6) is 0 Å². The zero-order valence-electron chi connectivity index (χ0n) is 19.5. The second-order valence-corrected chi connectivity index (χ2v) is 10.7. The van der Waals surface area contributed by atoms with Crippen LogP contribution < -0.4 is 5.32 Å². The van der Waals surface area contributed by atoms with Gasteiger partial charge in [0.1, 0.15) is 0 Å². The molecule has 1 rings (SSSR count). The van der Waals surface area contributed by atoms with Crippen LogP contribution in [0.1, 0.15) is 41.0 Å². The van der Waals surface area contributed by atoms with Gasteiger partial charge in [0.2, 0.25) is 10.0 Å². The van der Waals surface area contributed by atoms with Gasteiger partial charge in [0, 0.05) is 38.8 Å². The van der Waals surface area contributed by atoms with Crippen LogP contribution in [0.2, 0.25) is 0 Å². The van der Waals surface area contributed by atoms with Gasteiger partial charge in [0.05, 0.1) is 25.0 Å². The van der Waals surface area contributed by atoms with E-state index in [0.29, 0.717) is 38.1 Å². The molecule has 8 nitrogen and oxygen atoms in total. The van der Waals surface area contributed by atoms with Crippen LogP contribution in [-0.4, -0.2) is 106 Å². The first-order valence-electron chi connectivity index (χ1n) is 10.9. The van der Waals surface area contributed by atoms with Gasteiger partial charge in [0.15, 0.2) is 5.96 Å². The highest BCUT2D eigenvalue weighted by Crippen LogP contribution is 2.12. The van der Waals surface area contributed by atoms with E-state index in [-0.39, 0.29) is 18.5 Å². The number of ether oxygens (including phenoxy) is 1. The Balaban J connectivity index is 2.67. The summed E-state index contributed by atoms with van der Waals surface area (Å²) in [6.45, 7) is 14.4. The Hall–Kier alpha value is -0.900. The van der Waals surface area contributed by atoms with Crippen molar-refractivity contribution in [3.8, 4) is 0 Å². The fourth-order valence-corrected chi connectivity index (χ4v) is 4.59. The summed E-state index contributed by atoms with van der Waals surface area (Å²) in [5.74, 6) is 1.54. The third-order valence-corrected chi connectivity index (χ3v) is 6.82. The zero-order chi connectivity index (χ0) is 22.0. The van der Waals surface area contributed by atoms with Gasteiger partial charge in [-0.3, -0.25) is 4.99 Å².